The Morgan fingerprint density at radius 1 is 0.811 bits per heavy atom. The zero-order valence-corrected chi connectivity index (χ0v) is 21.2. The number of ketones is 1. The van der Waals surface area contributed by atoms with Crippen LogP contribution in [0.25, 0.3) is 11.1 Å². The number of amides is 1. The van der Waals surface area contributed by atoms with Gasteiger partial charge in [0.25, 0.3) is 0 Å². The molecule has 37 heavy (non-hydrogen) atoms. The fourth-order valence-electron chi connectivity index (χ4n) is 4.77. The Morgan fingerprint density at radius 3 is 2.30 bits per heavy atom. The van der Waals surface area contributed by atoms with E-state index in [0.29, 0.717) is 18.7 Å². The number of rotatable bonds is 6. The van der Waals surface area contributed by atoms with Crippen molar-refractivity contribution in [1.29, 1.82) is 0 Å². The van der Waals surface area contributed by atoms with Crippen molar-refractivity contribution in [1.82, 2.24) is 9.21 Å². The predicted octanol–water partition coefficient (Wildman–Crippen LogP) is 3.15. The monoisotopic (exact) mass is 518 g/mol. The van der Waals surface area contributed by atoms with E-state index in [4.69, 9.17) is 4.74 Å². The molecule has 0 unspecified atom stereocenters. The largest absolute Gasteiger partial charge is 0.454 e. The number of piperazine rings is 1. The third-order valence-corrected chi connectivity index (χ3v) is 8.74. The summed E-state index contributed by atoms with van der Waals surface area (Å²) in [5, 5.41) is 0. The van der Waals surface area contributed by atoms with Crippen molar-refractivity contribution in [2.75, 3.05) is 32.8 Å². The summed E-state index contributed by atoms with van der Waals surface area (Å²) < 4.78 is 32.7. The van der Waals surface area contributed by atoms with E-state index in [2.05, 4.69) is 6.07 Å². The van der Waals surface area contributed by atoms with Gasteiger partial charge in [0.15, 0.2) is 12.4 Å². The Balaban J connectivity index is 1.25. The van der Waals surface area contributed by atoms with Gasteiger partial charge in [0.05, 0.1) is 10.5 Å². The van der Waals surface area contributed by atoms with Crippen LogP contribution >= 0.6 is 0 Å². The highest BCUT2D eigenvalue weighted by Crippen LogP contribution is 2.36. The van der Waals surface area contributed by atoms with Crippen molar-refractivity contribution >= 4 is 27.7 Å². The van der Waals surface area contributed by atoms with E-state index in [-0.39, 0.29) is 35.2 Å². The smallest absolute Gasteiger partial charge is 0.338 e. The van der Waals surface area contributed by atoms with Gasteiger partial charge in [-0.2, -0.15) is 4.31 Å². The highest BCUT2D eigenvalue weighted by Gasteiger charge is 2.30. The van der Waals surface area contributed by atoms with Gasteiger partial charge in [0.1, 0.15) is 0 Å². The molecule has 1 saturated heterocycles. The lowest BCUT2D eigenvalue weighted by Crippen LogP contribution is -2.49. The molecule has 5 rings (SSSR count). The maximum absolute atomic E-state index is 13.1. The normalized spacial score (nSPS) is 15.1. The van der Waals surface area contributed by atoms with Crippen molar-refractivity contribution in [3.8, 4) is 11.1 Å². The molecule has 0 atom stereocenters. The van der Waals surface area contributed by atoms with Crippen molar-refractivity contribution in [2.45, 2.75) is 18.2 Å². The van der Waals surface area contributed by atoms with Crippen LogP contribution in [0, 0.1) is 0 Å². The lowest BCUT2D eigenvalue weighted by molar-refractivity contribution is -0.129. The number of sulfonamides is 1. The van der Waals surface area contributed by atoms with Crippen LogP contribution in [-0.4, -0.2) is 68.1 Å². The van der Waals surface area contributed by atoms with Crippen LogP contribution in [0.2, 0.25) is 0 Å². The maximum Gasteiger partial charge on any atom is 0.338 e. The number of hydrogen-bond donors (Lipinski definition) is 0. The lowest BCUT2D eigenvalue weighted by Gasteiger charge is -2.33. The summed E-state index contributed by atoms with van der Waals surface area (Å²) in [4.78, 5) is 38.5. The Kier molecular flexibility index (Phi) is 6.66. The minimum Gasteiger partial charge on any atom is -0.454 e. The second-order valence-corrected chi connectivity index (χ2v) is 11.1. The van der Waals surface area contributed by atoms with Gasteiger partial charge < -0.3 is 9.64 Å². The minimum atomic E-state index is -3.85. The molecule has 190 valence electrons. The highest BCUT2D eigenvalue weighted by atomic mass is 32.2. The first kappa shape index (κ1) is 24.9. The molecule has 0 bridgehead atoms. The summed E-state index contributed by atoms with van der Waals surface area (Å²) in [6.45, 7) is 1.97. The number of carbonyl (C=O) groups excluding carboxylic acids is 3. The number of fused-ring (bicyclic) bond motifs is 3. The van der Waals surface area contributed by atoms with E-state index in [1.807, 2.05) is 30.3 Å². The quantitative estimate of drug-likeness (QED) is 0.287. The van der Waals surface area contributed by atoms with Crippen LogP contribution in [-0.2, 0) is 26.0 Å². The van der Waals surface area contributed by atoms with E-state index < -0.39 is 22.6 Å². The molecule has 0 N–H and O–H groups in total. The van der Waals surface area contributed by atoms with Crippen LogP contribution < -0.4 is 0 Å². The summed E-state index contributed by atoms with van der Waals surface area (Å²) in [5.74, 6) is -1.22. The molecule has 1 fully saturated rings. The Hall–Kier alpha value is -3.82. The molecular formula is C28H26N2O6S. The lowest BCUT2D eigenvalue weighted by atomic mass is 10.0. The van der Waals surface area contributed by atoms with E-state index in [1.54, 1.807) is 11.0 Å². The standard InChI is InChI=1S/C28H26N2O6S/c1-19(31)29-11-13-30(14-12-29)37(34,35)24-7-4-6-23(16-24)28(33)36-18-27(32)22-10-9-21-15-20-5-2-3-8-25(20)26(21)17-22/h2-10,16-17H,11-15,18H2,1H3. The van der Waals surface area contributed by atoms with Crippen LogP contribution in [0.1, 0.15) is 38.8 Å². The third kappa shape index (κ3) is 4.92. The molecule has 0 saturated carbocycles. The minimum absolute atomic E-state index is 0.0400. The molecule has 0 aromatic heterocycles. The third-order valence-electron chi connectivity index (χ3n) is 6.85. The molecule has 3 aromatic rings. The maximum atomic E-state index is 13.1. The van der Waals surface area contributed by atoms with E-state index in [1.165, 1.54) is 41.1 Å². The van der Waals surface area contributed by atoms with Gasteiger partial charge in [-0.15, -0.1) is 0 Å². The van der Waals surface area contributed by atoms with Crippen molar-refractivity contribution in [3.05, 3.63) is 89.0 Å². The summed E-state index contributed by atoms with van der Waals surface area (Å²) in [6, 6.07) is 19.1. The average molecular weight is 519 g/mol. The molecule has 2 aliphatic rings. The van der Waals surface area contributed by atoms with Crippen molar-refractivity contribution < 1.29 is 27.5 Å². The number of hydrogen-bond acceptors (Lipinski definition) is 6. The van der Waals surface area contributed by atoms with Crippen molar-refractivity contribution in [3.63, 3.8) is 0 Å². The summed E-state index contributed by atoms with van der Waals surface area (Å²) in [5.41, 5.74) is 4.96. The molecule has 1 amide bonds. The topological polar surface area (TPSA) is 101 Å². The predicted molar refractivity (Wildman–Crippen MR) is 137 cm³/mol. The zero-order valence-electron chi connectivity index (χ0n) is 20.3. The summed E-state index contributed by atoms with van der Waals surface area (Å²) in [7, 11) is -3.85. The van der Waals surface area contributed by atoms with Gasteiger partial charge in [-0.25, -0.2) is 13.2 Å². The number of nitrogens with zero attached hydrogens (tertiary/aromatic N) is 2. The fraction of sp³-hybridized carbons (Fsp3) is 0.250. The SMILES string of the molecule is CC(=O)N1CCN(S(=O)(=O)c2cccc(C(=O)OCC(=O)c3ccc4c(c3)-c3ccccc3C4)c2)CC1. The Labute approximate surface area is 215 Å². The van der Waals surface area contributed by atoms with Crippen LogP contribution in [0.15, 0.2) is 71.6 Å². The van der Waals surface area contributed by atoms with Crippen molar-refractivity contribution in [2.24, 2.45) is 0 Å². The van der Waals surface area contributed by atoms with Gasteiger partial charge in [-0.3, -0.25) is 9.59 Å². The van der Waals surface area contributed by atoms with Gasteiger partial charge in [0.2, 0.25) is 15.9 Å². The molecule has 8 nitrogen and oxygen atoms in total. The first-order valence-electron chi connectivity index (χ1n) is 12.0. The number of Topliss-reactive ketones (excluding diaryl/α,β-unsaturated/α-hetero) is 1. The van der Waals surface area contributed by atoms with Crippen LogP contribution in [0.4, 0.5) is 0 Å². The number of ether oxygens (including phenoxy) is 1. The van der Waals surface area contributed by atoms with E-state index in [9.17, 15) is 22.8 Å². The molecule has 1 heterocycles. The first-order valence-corrected chi connectivity index (χ1v) is 13.5. The number of carbonyl (C=O) groups is 3. The summed E-state index contributed by atoms with van der Waals surface area (Å²) in [6.07, 6.45) is 0.820. The van der Waals surface area contributed by atoms with E-state index >= 15 is 0 Å². The molecule has 1 aliphatic carbocycles. The second-order valence-electron chi connectivity index (χ2n) is 9.14. The molecule has 0 radical (unpaired) electrons. The van der Waals surface area contributed by atoms with Gasteiger partial charge >= 0.3 is 5.97 Å². The Morgan fingerprint density at radius 2 is 1.54 bits per heavy atom. The van der Waals surface area contributed by atoms with Crippen LogP contribution in [0.5, 0.6) is 0 Å². The van der Waals surface area contributed by atoms with E-state index in [0.717, 1.165) is 23.1 Å². The first-order chi connectivity index (χ1) is 17.7. The number of esters is 1. The summed E-state index contributed by atoms with van der Waals surface area (Å²) >= 11 is 0. The molecule has 3 aromatic carbocycles. The molecule has 1 aliphatic heterocycles. The Bertz CT molecular complexity index is 1510. The van der Waals surface area contributed by atoms with Gasteiger partial charge in [-0.1, -0.05) is 42.5 Å². The van der Waals surface area contributed by atoms with Gasteiger partial charge in [-0.05, 0) is 52.9 Å². The highest BCUT2D eigenvalue weighted by molar-refractivity contribution is 7.89. The van der Waals surface area contributed by atoms with Crippen LogP contribution in [0.3, 0.4) is 0 Å². The fourth-order valence-corrected chi connectivity index (χ4v) is 6.24. The second kappa shape index (κ2) is 9.91. The number of benzene rings is 3. The molecular weight excluding hydrogens is 492 g/mol. The average Bonchev–Trinajstić information content (AvgIpc) is 3.29. The molecule has 9 heteroatoms. The zero-order chi connectivity index (χ0) is 26.2. The molecule has 0 spiro atoms. The van der Waals surface area contributed by atoms with Gasteiger partial charge in [0, 0.05) is 38.7 Å².